The highest BCUT2D eigenvalue weighted by molar-refractivity contribution is 6.35. The molecule has 5 heteroatoms. The summed E-state index contributed by atoms with van der Waals surface area (Å²) < 4.78 is 31.5. The Morgan fingerprint density at radius 2 is 1.79 bits per heavy atom. The van der Waals surface area contributed by atoms with Gasteiger partial charge in [-0.15, -0.1) is 0 Å². The molecule has 0 aliphatic rings. The third kappa shape index (κ3) is 2.74. The number of hydrogen-bond donors (Lipinski definition) is 0. The number of carbonyl (C=O) groups is 1. The molecular weight excluding hydrogens is 274 g/mol. The first kappa shape index (κ1) is 13.5. The van der Waals surface area contributed by atoms with Gasteiger partial charge in [-0.2, -0.15) is 0 Å². The van der Waals surface area contributed by atoms with Gasteiger partial charge < -0.3 is 4.74 Å². The topological polar surface area (TPSA) is 26.3 Å². The van der Waals surface area contributed by atoms with Crippen LogP contribution in [0.5, 0.6) is 5.75 Å². The van der Waals surface area contributed by atoms with E-state index in [4.69, 9.17) is 16.3 Å². The summed E-state index contributed by atoms with van der Waals surface area (Å²) in [7, 11) is 1.40. The maximum absolute atomic E-state index is 13.8. The van der Waals surface area contributed by atoms with Crippen molar-refractivity contribution in [3.05, 3.63) is 64.2 Å². The number of hydrogen-bond acceptors (Lipinski definition) is 2. The van der Waals surface area contributed by atoms with Gasteiger partial charge in [0.25, 0.3) is 0 Å². The van der Waals surface area contributed by atoms with Crippen molar-refractivity contribution in [2.24, 2.45) is 0 Å². The van der Waals surface area contributed by atoms with E-state index in [1.807, 2.05) is 0 Å². The first-order valence-corrected chi connectivity index (χ1v) is 5.74. The normalized spacial score (nSPS) is 10.3. The zero-order valence-corrected chi connectivity index (χ0v) is 10.7. The van der Waals surface area contributed by atoms with Gasteiger partial charge in [0, 0.05) is 11.6 Å². The van der Waals surface area contributed by atoms with Crippen LogP contribution < -0.4 is 4.74 Å². The molecule has 0 heterocycles. The summed E-state index contributed by atoms with van der Waals surface area (Å²) in [6.07, 6.45) is 0. The highest BCUT2D eigenvalue weighted by Crippen LogP contribution is 2.23. The molecule has 0 amide bonds. The van der Waals surface area contributed by atoms with Gasteiger partial charge in [-0.1, -0.05) is 11.6 Å². The molecule has 2 nitrogen and oxygen atoms in total. The summed E-state index contributed by atoms with van der Waals surface area (Å²) in [5, 5.41) is -0.0554. The average molecular weight is 283 g/mol. The average Bonchev–Trinajstić information content (AvgIpc) is 2.37. The van der Waals surface area contributed by atoms with Gasteiger partial charge in [0.1, 0.15) is 17.4 Å². The number of halogens is 3. The number of ether oxygens (including phenoxy) is 1. The summed E-state index contributed by atoms with van der Waals surface area (Å²) in [6.45, 7) is 0. The summed E-state index contributed by atoms with van der Waals surface area (Å²) in [5.41, 5.74) is -0.0959. The quantitative estimate of drug-likeness (QED) is 0.799. The molecule has 0 fully saturated rings. The summed E-state index contributed by atoms with van der Waals surface area (Å²) in [5.74, 6) is -1.58. The van der Waals surface area contributed by atoms with Crippen LogP contribution in [0.3, 0.4) is 0 Å². The second-order valence-electron chi connectivity index (χ2n) is 3.80. The monoisotopic (exact) mass is 282 g/mol. The minimum atomic E-state index is -0.718. The van der Waals surface area contributed by atoms with Crippen molar-refractivity contribution in [1.82, 2.24) is 0 Å². The minimum absolute atomic E-state index is 0.0483. The third-order valence-electron chi connectivity index (χ3n) is 2.60. The van der Waals surface area contributed by atoms with Crippen LogP contribution in [0, 0.1) is 11.6 Å². The molecule has 0 aliphatic carbocycles. The summed E-state index contributed by atoms with van der Waals surface area (Å²) >= 11 is 5.78. The van der Waals surface area contributed by atoms with Crippen LogP contribution in [-0.4, -0.2) is 12.9 Å². The zero-order valence-electron chi connectivity index (χ0n) is 9.91. The van der Waals surface area contributed by atoms with E-state index >= 15 is 0 Å². The maximum Gasteiger partial charge on any atom is 0.197 e. The molecule has 0 saturated heterocycles. The predicted octanol–water partition coefficient (Wildman–Crippen LogP) is 3.86. The number of methoxy groups -OCH3 is 1. The molecule has 0 unspecified atom stereocenters. The van der Waals surface area contributed by atoms with Crippen molar-refractivity contribution in [2.75, 3.05) is 7.11 Å². The van der Waals surface area contributed by atoms with Gasteiger partial charge in [-0.25, -0.2) is 8.78 Å². The van der Waals surface area contributed by atoms with Crippen LogP contribution in [0.1, 0.15) is 15.9 Å². The Morgan fingerprint density at radius 3 is 2.37 bits per heavy atom. The first-order valence-electron chi connectivity index (χ1n) is 5.36. The van der Waals surface area contributed by atoms with Crippen LogP contribution in [0.2, 0.25) is 5.02 Å². The molecule has 2 rings (SSSR count). The molecule has 0 bridgehead atoms. The number of carbonyl (C=O) groups excluding carboxylic acids is 1. The minimum Gasteiger partial charge on any atom is -0.497 e. The van der Waals surface area contributed by atoms with E-state index in [2.05, 4.69) is 0 Å². The molecule has 0 spiro atoms. The van der Waals surface area contributed by atoms with Gasteiger partial charge in [-0.05, 0) is 30.3 Å². The fourth-order valence-electron chi connectivity index (χ4n) is 1.63. The fraction of sp³-hybridized carbons (Fsp3) is 0.0714. The molecule has 2 aromatic carbocycles. The van der Waals surface area contributed by atoms with Gasteiger partial charge in [0.05, 0.1) is 17.7 Å². The van der Waals surface area contributed by atoms with Gasteiger partial charge in [-0.3, -0.25) is 4.79 Å². The van der Waals surface area contributed by atoms with Crippen molar-refractivity contribution in [1.29, 1.82) is 0 Å². The van der Waals surface area contributed by atoms with Crippen molar-refractivity contribution in [2.45, 2.75) is 0 Å². The highest BCUT2D eigenvalue weighted by atomic mass is 35.5. The molecule has 0 atom stereocenters. The van der Waals surface area contributed by atoms with E-state index in [1.165, 1.54) is 25.3 Å². The summed E-state index contributed by atoms with van der Waals surface area (Å²) in [6, 6.07) is 7.20. The van der Waals surface area contributed by atoms with Crippen LogP contribution >= 0.6 is 11.6 Å². The van der Waals surface area contributed by atoms with Gasteiger partial charge >= 0.3 is 0 Å². The molecule has 2 aromatic rings. The van der Waals surface area contributed by atoms with Crippen LogP contribution in [0.25, 0.3) is 0 Å². The van der Waals surface area contributed by atoms with Crippen molar-refractivity contribution in [3.8, 4) is 5.75 Å². The van der Waals surface area contributed by atoms with Crippen LogP contribution in [0.4, 0.5) is 8.78 Å². The number of benzene rings is 2. The highest BCUT2D eigenvalue weighted by Gasteiger charge is 2.17. The second kappa shape index (κ2) is 5.36. The molecule has 98 valence electrons. The Hall–Kier alpha value is -1.94. The lowest BCUT2D eigenvalue weighted by molar-refractivity contribution is 0.103. The molecular formula is C14H9ClF2O2. The van der Waals surface area contributed by atoms with Crippen molar-refractivity contribution >= 4 is 17.4 Å². The Morgan fingerprint density at radius 1 is 1.11 bits per heavy atom. The van der Waals surface area contributed by atoms with E-state index in [0.29, 0.717) is 5.75 Å². The largest absolute Gasteiger partial charge is 0.497 e. The Kier molecular flexibility index (Phi) is 3.81. The van der Waals surface area contributed by atoms with Crippen LogP contribution in [-0.2, 0) is 0 Å². The van der Waals surface area contributed by atoms with Crippen LogP contribution in [0.15, 0.2) is 36.4 Å². The fourth-order valence-corrected chi connectivity index (χ4v) is 1.88. The Bertz CT molecular complexity index is 641. The third-order valence-corrected chi connectivity index (χ3v) is 2.91. The Balaban J connectivity index is 2.44. The summed E-state index contributed by atoms with van der Waals surface area (Å²) in [4.78, 5) is 12.1. The number of ketones is 1. The van der Waals surface area contributed by atoms with Crippen molar-refractivity contribution in [3.63, 3.8) is 0 Å². The first-order chi connectivity index (χ1) is 9.02. The molecule has 0 saturated carbocycles. The Labute approximate surface area is 113 Å². The van der Waals surface area contributed by atoms with E-state index in [0.717, 1.165) is 18.2 Å². The second-order valence-corrected chi connectivity index (χ2v) is 4.21. The molecule has 0 aromatic heterocycles. The van der Waals surface area contributed by atoms with Gasteiger partial charge in [0.2, 0.25) is 0 Å². The predicted molar refractivity (Wildman–Crippen MR) is 67.8 cm³/mol. The van der Waals surface area contributed by atoms with E-state index in [-0.39, 0.29) is 16.1 Å². The molecule has 0 radical (unpaired) electrons. The zero-order chi connectivity index (χ0) is 14.0. The lowest BCUT2D eigenvalue weighted by Gasteiger charge is -2.06. The van der Waals surface area contributed by atoms with E-state index in [1.54, 1.807) is 0 Å². The standard InChI is InChI=1S/C14H9ClF2O2/c1-19-9-3-5-11(13(17)7-9)14(18)10-4-2-8(16)6-12(10)15/h2-7H,1H3. The SMILES string of the molecule is COc1ccc(C(=O)c2ccc(F)cc2Cl)c(F)c1. The van der Waals surface area contributed by atoms with Crippen molar-refractivity contribution < 1.29 is 18.3 Å². The van der Waals surface area contributed by atoms with Gasteiger partial charge in [0.15, 0.2) is 5.78 Å². The number of rotatable bonds is 3. The van der Waals surface area contributed by atoms with E-state index in [9.17, 15) is 13.6 Å². The lowest BCUT2D eigenvalue weighted by Crippen LogP contribution is -2.05. The smallest absolute Gasteiger partial charge is 0.197 e. The van der Waals surface area contributed by atoms with E-state index < -0.39 is 17.4 Å². The molecule has 0 N–H and O–H groups in total. The molecule has 19 heavy (non-hydrogen) atoms. The molecule has 0 aliphatic heterocycles. The maximum atomic E-state index is 13.8. The lowest BCUT2D eigenvalue weighted by atomic mass is 10.0.